The van der Waals surface area contributed by atoms with Crippen LogP contribution in [0.1, 0.15) is 68.5 Å². The normalized spacial score (nSPS) is 23.7. The van der Waals surface area contributed by atoms with Crippen molar-refractivity contribution < 1.29 is 9.90 Å². The molecule has 1 aliphatic heterocycles. The number of halogens is 2. The fourth-order valence-electron chi connectivity index (χ4n) is 5.21. The lowest BCUT2D eigenvalue weighted by Gasteiger charge is -2.38. The molecule has 0 aromatic heterocycles. The van der Waals surface area contributed by atoms with Crippen LogP contribution in [0.3, 0.4) is 0 Å². The monoisotopic (exact) mass is 612 g/mol. The number of rotatable bonds is 7. The van der Waals surface area contributed by atoms with Gasteiger partial charge in [0.1, 0.15) is 11.5 Å². The van der Waals surface area contributed by atoms with Crippen LogP contribution < -0.4 is 5.32 Å². The van der Waals surface area contributed by atoms with Gasteiger partial charge in [0.05, 0.1) is 0 Å². The van der Waals surface area contributed by atoms with Crippen LogP contribution in [0.4, 0.5) is 0 Å². The molecule has 4 nitrogen and oxygen atoms in total. The van der Waals surface area contributed by atoms with Gasteiger partial charge in [0.15, 0.2) is 0 Å². The highest BCUT2D eigenvalue weighted by molar-refractivity contribution is 14.1. The molecule has 3 atom stereocenters. The van der Waals surface area contributed by atoms with Crippen molar-refractivity contribution in [2.45, 2.75) is 81.4 Å². The first-order valence-corrected chi connectivity index (χ1v) is 14.9. The first-order chi connectivity index (χ1) is 16.5. The largest absolute Gasteiger partial charge is 0.480 e. The van der Waals surface area contributed by atoms with Crippen molar-refractivity contribution in [2.75, 3.05) is 5.75 Å². The molecule has 2 aromatic rings. The lowest BCUT2D eigenvalue weighted by Crippen LogP contribution is -2.52. The summed E-state index contributed by atoms with van der Waals surface area (Å²) in [5.74, 6) is 0.162. The van der Waals surface area contributed by atoms with Crippen LogP contribution in [0.2, 0.25) is 5.02 Å². The van der Waals surface area contributed by atoms with Gasteiger partial charge in [0.2, 0.25) is 0 Å². The van der Waals surface area contributed by atoms with Crippen LogP contribution in [0.15, 0.2) is 48.5 Å². The predicted octanol–water partition coefficient (Wildman–Crippen LogP) is 7.11. The Kier molecular flexibility index (Phi) is 10.0. The lowest BCUT2D eigenvalue weighted by atomic mass is 9.99. The van der Waals surface area contributed by atoms with Crippen molar-refractivity contribution in [3.63, 3.8) is 0 Å². The molecule has 1 saturated heterocycles. The topological polar surface area (TPSA) is 52.6 Å². The third kappa shape index (κ3) is 7.12. The Hall–Kier alpha value is -0.800. The molecule has 1 aliphatic carbocycles. The minimum absolute atomic E-state index is 0.0172. The summed E-state index contributed by atoms with van der Waals surface area (Å²) < 4.78 is 1.16. The summed E-state index contributed by atoms with van der Waals surface area (Å²) in [6, 6.07) is 16.5. The fraction of sp³-hybridized carbons (Fsp3) is 0.519. The quantitative estimate of drug-likeness (QED) is 0.327. The highest BCUT2D eigenvalue weighted by Crippen LogP contribution is 2.42. The van der Waals surface area contributed by atoms with Gasteiger partial charge in [-0.3, -0.25) is 15.0 Å². The van der Waals surface area contributed by atoms with Gasteiger partial charge in [-0.1, -0.05) is 74.4 Å². The van der Waals surface area contributed by atoms with Crippen LogP contribution in [-0.2, 0) is 11.2 Å². The molecule has 2 aromatic carbocycles. The third-order valence-corrected chi connectivity index (χ3v) is 9.21. The second-order valence-electron chi connectivity index (χ2n) is 9.44. The van der Waals surface area contributed by atoms with E-state index in [-0.39, 0.29) is 11.5 Å². The molecule has 7 heteroatoms. The van der Waals surface area contributed by atoms with Gasteiger partial charge in [-0.2, -0.15) is 0 Å². The van der Waals surface area contributed by atoms with Crippen molar-refractivity contribution in [1.82, 2.24) is 10.2 Å². The number of nitrogens with zero attached hydrogens (tertiary/aromatic N) is 1. The van der Waals surface area contributed by atoms with E-state index >= 15 is 0 Å². The van der Waals surface area contributed by atoms with E-state index in [9.17, 15) is 9.90 Å². The number of nitrogens with one attached hydrogen (secondary N) is 1. The smallest absolute Gasteiger partial charge is 0.321 e. The summed E-state index contributed by atoms with van der Waals surface area (Å²) in [6.07, 6.45) is 10.6. The molecule has 2 fully saturated rings. The number of hydrogen-bond acceptors (Lipinski definition) is 4. The second-order valence-corrected chi connectivity index (χ2v) is 12.2. The highest BCUT2D eigenvalue weighted by Gasteiger charge is 2.40. The van der Waals surface area contributed by atoms with Gasteiger partial charge in [0, 0.05) is 26.4 Å². The lowest BCUT2D eigenvalue weighted by molar-refractivity contribution is -0.139. The van der Waals surface area contributed by atoms with Crippen LogP contribution in [-0.4, -0.2) is 39.3 Å². The summed E-state index contributed by atoms with van der Waals surface area (Å²) in [6.45, 7) is 0. The molecule has 2 N–H and O–H groups in total. The number of carboxylic acids is 1. The zero-order valence-electron chi connectivity index (χ0n) is 19.5. The minimum Gasteiger partial charge on any atom is -0.480 e. The number of thioether (sulfide) groups is 1. The molecule has 184 valence electrons. The van der Waals surface area contributed by atoms with E-state index in [0.717, 1.165) is 19.9 Å². The van der Waals surface area contributed by atoms with E-state index in [1.54, 1.807) is 0 Å². The molecule has 1 heterocycles. The second kappa shape index (κ2) is 12.9. The maximum atomic E-state index is 12.3. The number of aliphatic carboxylic acids is 1. The van der Waals surface area contributed by atoms with Gasteiger partial charge in [-0.05, 0) is 77.2 Å². The van der Waals surface area contributed by atoms with E-state index in [2.05, 4.69) is 44.9 Å². The van der Waals surface area contributed by atoms with Crippen molar-refractivity contribution in [3.05, 3.63) is 68.3 Å². The summed E-state index contributed by atoms with van der Waals surface area (Å²) in [5, 5.41) is 14.4. The molecule has 1 saturated carbocycles. The van der Waals surface area contributed by atoms with Crippen LogP contribution in [0.25, 0.3) is 0 Å². The summed E-state index contributed by atoms with van der Waals surface area (Å²) in [7, 11) is 0. The molecular formula is C27H34ClIN2O2S. The molecule has 34 heavy (non-hydrogen) atoms. The average molecular weight is 613 g/mol. The standard InChI is InChI=1S/C27H34ClIN2O2S/c28-21-13-11-20(12-14-21)25-18-34-27(31(25)23-7-5-3-1-2-4-6-8-23)30-24(26(32)33)17-19-9-15-22(29)16-10-19/h9-16,23-25,27,30H,1-8,17-18H2,(H,32,33). The Morgan fingerprint density at radius 2 is 1.65 bits per heavy atom. The zero-order valence-corrected chi connectivity index (χ0v) is 23.2. The van der Waals surface area contributed by atoms with Gasteiger partial charge in [0.25, 0.3) is 0 Å². The molecule has 0 bridgehead atoms. The Balaban J connectivity index is 1.56. The molecule has 0 spiro atoms. The number of hydrogen-bond donors (Lipinski definition) is 2. The molecule has 0 radical (unpaired) electrons. The Morgan fingerprint density at radius 3 is 2.26 bits per heavy atom. The van der Waals surface area contributed by atoms with Gasteiger partial charge in [-0.25, -0.2) is 0 Å². The van der Waals surface area contributed by atoms with Crippen molar-refractivity contribution in [3.8, 4) is 0 Å². The zero-order chi connectivity index (χ0) is 23.9. The third-order valence-electron chi connectivity index (χ3n) is 7.04. The Morgan fingerprint density at radius 1 is 1.03 bits per heavy atom. The Bertz CT molecular complexity index is 917. The summed E-state index contributed by atoms with van der Waals surface area (Å²) in [4.78, 5) is 14.9. The molecule has 3 unspecified atom stereocenters. The van der Waals surface area contributed by atoms with Crippen LogP contribution in [0, 0.1) is 3.57 Å². The Labute approximate surface area is 226 Å². The van der Waals surface area contributed by atoms with E-state index in [1.165, 1.54) is 56.9 Å². The molecular weight excluding hydrogens is 579 g/mol. The van der Waals surface area contributed by atoms with Gasteiger partial charge in [-0.15, -0.1) is 11.8 Å². The van der Waals surface area contributed by atoms with Crippen LogP contribution >= 0.6 is 46.0 Å². The van der Waals surface area contributed by atoms with Crippen LogP contribution in [0.5, 0.6) is 0 Å². The van der Waals surface area contributed by atoms with E-state index in [4.69, 9.17) is 11.6 Å². The minimum atomic E-state index is -0.788. The highest BCUT2D eigenvalue weighted by atomic mass is 127. The van der Waals surface area contributed by atoms with Gasteiger partial charge < -0.3 is 5.11 Å². The summed E-state index contributed by atoms with van der Waals surface area (Å²) >= 11 is 10.3. The van der Waals surface area contributed by atoms with E-state index < -0.39 is 12.0 Å². The first kappa shape index (κ1) is 26.3. The maximum Gasteiger partial charge on any atom is 0.321 e. The number of carbonyl (C=O) groups is 1. The summed E-state index contributed by atoms with van der Waals surface area (Å²) in [5.41, 5.74) is 2.30. The SMILES string of the molecule is O=C(O)C(Cc1ccc(I)cc1)NC1SCC(c2ccc(Cl)cc2)N1C1CCCCCCCC1. The van der Waals surface area contributed by atoms with Crippen molar-refractivity contribution in [1.29, 1.82) is 0 Å². The molecule has 0 amide bonds. The number of carboxylic acid groups (broad SMARTS) is 1. The first-order valence-electron chi connectivity index (χ1n) is 12.4. The van der Waals surface area contributed by atoms with Crippen molar-refractivity contribution >= 4 is 51.9 Å². The average Bonchev–Trinajstić information content (AvgIpc) is 3.28. The fourth-order valence-corrected chi connectivity index (χ4v) is 7.17. The van der Waals surface area contributed by atoms with E-state index in [0.29, 0.717) is 12.5 Å². The van der Waals surface area contributed by atoms with Gasteiger partial charge >= 0.3 is 5.97 Å². The molecule has 4 rings (SSSR count). The van der Waals surface area contributed by atoms with E-state index in [1.807, 2.05) is 48.2 Å². The number of benzene rings is 2. The predicted molar refractivity (Wildman–Crippen MR) is 150 cm³/mol. The van der Waals surface area contributed by atoms with Crippen molar-refractivity contribution in [2.24, 2.45) is 0 Å². The maximum absolute atomic E-state index is 12.3. The molecule has 2 aliphatic rings.